The third kappa shape index (κ3) is 3.70. The lowest BCUT2D eigenvalue weighted by Crippen LogP contribution is -2.40. The van der Waals surface area contributed by atoms with Gasteiger partial charge in [0.2, 0.25) is 0 Å². The van der Waals surface area contributed by atoms with Gasteiger partial charge in [-0.25, -0.2) is 4.39 Å². The molecule has 156 valence electrons. The van der Waals surface area contributed by atoms with Gasteiger partial charge in [0.05, 0.1) is 11.7 Å². The number of hydrogen-bond acceptors (Lipinski definition) is 3. The van der Waals surface area contributed by atoms with Crippen LogP contribution in [-0.4, -0.2) is 41.1 Å². The number of H-pyrrole nitrogens is 1. The molecule has 0 bridgehead atoms. The highest BCUT2D eigenvalue weighted by atomic mass is 19.1. The van der Waals surface area contributed by atoms with E-state index >= 15 is 0 Å². The van der Waals surface area contributed by atoms with Gasteiger partial charge in [-0.1, -0.05) is 36.4 Å². The van der Waals surface area contributed by atoms with Crippen molar-refractivity contribution in [3.05, 3.63) is 89.4 Å². The Kier molecular flexibility index (Phi) is 5.00. The number of nitrogens with zero attached hydrogens (tertiary/aromatic N) is 2. The minimum absolute atomic E-state index is 0.0455. The average molecular weight is 414 g/mol. The van der Waals surface area contributed by atoms with Crippen LogP contribution in [0.25, 0.3) is 22.0 Å². The highest BCUT2D eigenvalue weighted by molar-refractivity contribution is 5.95. The summed E-state index contributed by atoms with van der Waals surface area (Å²) in [7, 11) is 1.81. The summed E-state index contributed by atoms with van der Waals surface area (Å²) in [4.78, 5) is 14.9. The summed E-state index contributed by atoms with van der Waals surface area (Å²) in [6.45, 7) is 2.19. The molecule has 2 heterocycles. The minimum Gasteiger partial charge on any atom is -0.337 e. The van der Waals surface area contributed by atoms with Crippen LogP contribution in [-0.2, 0) is 6.54 Å². The van der Waals surface area contributed by atoms with Crippen molar-refractivity contribution in [3.8, 4) is 11.1 Å². The minimum atomic E-state index is -0.261. The van der Waals surface area contributed by atoms with E-state index in [0.29, 0.717) is 18.0 Å². The SMILES string of the molecule is CN(Cc1cccc2cn[nH]c12)C(=O)c1ccc(-c2cccc(F)c2)c(C2CNC2)c1. The van der Waals surface area contributed by atoms with Crippen LogP contribution in [0.3, 0.4) is 0 Å². The van der Waals surface area contributed by atoms with E-state index < -0.39 is 0 Å². The van der Waals surface area contributed by atoms with Crippen LogP contribution in [0.15, 0.2) is 66.9 Å². The zero-order valence-electron chi connectivity index (χ0n) is 17.2. The lowest BCUT2D eigenvalue weighted by Gasteiger charge is -2.30. The van der Waals surface area contributed by atoms with Gasteiger partial charge in [0.15, 0.2) is 0 Å². The number of benzene rings is 3. The molecule has 5 rings (SSSR count). The fraction of sp³-hybridized carbons (Fsp3) is 0.200. The number of hydrogen-bond donors (Lipinski definition) is 2. The zero-order chi connectivity index (χ0) is 21.4. The van der Waals surface area contributed by atoms with Gasteiger partial charge in [-0.2, -0.15) is 5.10 Å². The summed E-state index contributed by atoms with van der Waals surface area (Å²) >= 11 is 0. The summed E-state index contributed by atoms with van der Waals surface area (Å²) < 4.78 is 13.8. The lowest BCUT2D eigenvalue weighted by atomic mass is 9.85. The number of amides is 1. The number of para-hydroxylation sites is 1. The van der Waals surface area contributed by atoms with E-state index in [1.165, 1.54) is 6.07 Å². The van der Waals surface area contributed by atoms with E-state index in [9.17, 15) is 9.18 Å². The summed E-state index contributed by atoms with van der Waals surface area (Å²) in [5, 5.41) is 11.4. The van der Waals surface area contributed by atoms with Crippen LogP contribution in [0.2, 0.25) is 0 Å². The van der Waals surface area contributed by atoms with E-state index in [0.717, 1.165) is 46.2 Å². The number of carbonyl (C=O) groups excluding carboxylic acids is 1. The molecule has 0 spiro atoms. The van der Waals surface area contributed by atoms with Crippen LogP contribution in [0.1, 0.15) is 27.4 Å². The quantitative estimate of drug-likeness (QED) is 0.511. The Bertz CT molecular complexity index is 1260. The van der Waals surface area contributed by atoms with Crippen molar-refractivity contribution >= 4 is 16.8 Å². The second kappa shape index (κ2) is 7.96. The predicted octanol–water partition coefficient (Wildman–Crippen LogP) is 4.33. The van der Waals surface area contributed by atoms with Crippen molar-refractivity contribution in [2.45, 2.75) is 12.5 Å². The summed E-state index contributed by atoms with van der Waals surface area (Å²) in [5.74, 6) is 0.00830. The smallest absolute Gasteiger partial charge is 0.253 e. The molecule has 6 heteroatoms. The van der Waals surface area contributed by atoms with E-state index in [2.05, 4.69) is 15.5 Å². The number of carbonyl (C=O) groups is 1. The Hall–Kier alpha value is -3.51. The summed E-state index contributed by atoms with van der Waals surface area (Å²) in [5.41, 5.74) is 5.50. The molecule has 0 saturated carbocycles. The third-order valence-electron chi connectivity index (χ3n) is 5.97. The number of aromatic amines is 1. The molecule has 1 aliphatic rings. The van der Waals surface area contributed by atoms with E-state index in [-0.39, 0.29) is 11.7 Å². The van der Waals surface area contributed by atoms with E-state index in [1.54, 1.807) is 23.2 Å². The van der Waals surface area contributed by atoms with Crippen molar-refractivity contribution in [2.75, 3.05) is 20.1 Å². The number of fused-ring (bicyclic) bond motifs is 1. The monoisotopic (exact) mass is 414 g/mol. The Balaban J connectivity index is 1.45. The number of nitrogens with one attached hydrogen (secondary N) is 2. The molecule has 0 unspecified atom stereocenters. The second-order valence-corrected chi connectivity index (χ2v) is 8.08. The van der Waals surface area contributed by atoms with Crippen LogP contribution in [0.4, 0.5) is 4.39 Å². The van der Waals surface area contributed by atoms with Crippen LogP contribution >= 0.6 is 0 Å². The van der Waals surface area contributed by atoms with Gasteiger partial charge in [0.25, 0.3) is 5.91 Å². The molecule has 1 saturated heterocycles. The normalized spacial score (nSPS) is 13.9. The highest BCUT2D eigenvalue weighted by Gasteiger charge is 2.24. The topological polar surface area (TPSA) is 61.0 Å². The molecule has 1 amide bonds. The van der Waals surface area contributed by atoms with Crippen molar-refractivity contribution in [3.63, 3.8) is 0 Å². The van der Waals surface area contributed by atoms with E-state index in [1.807, 2.05) is 49.5 Å². The maximum absolute atomic E-state index is 13.8. The maximum Gasteiger partial charge on any atom is 0.253 e. The van der Waals surface area contributed by atoms with Crippen molar-refractivity contribution in [2.24, 2.45) is 0 Å². The fourth-order valence-electron chi connectivity index (χ4n) is 4.17. The molecule has 2 N–H and O–H groups in total. The summed E-state index contributed by atoms with van der Waals surface area (Å²) in [6.07, 6.45) is 1.78. The average Bonchev–Trinajstić information content (AvgIpc) is 3.22. The van der Waals surface area contributed by atoms with Gasteiger partial charge in [-0.05, 0) is 46.5 Å². The molecule has 3 aromatic carbocycles. The first-order valence-electron chi connectivity index (χ1n) is 10.4. The molecule has 1 fully saturated rings. The molecule has 1 aliphatic heterocycles. The second-order valence-electron chi connectivity index (χ2n) is 8.08. The number of rotatable bonds is 5. The Morgan fingerprint density at radius 2 is 1.97 bits per heavy atom. The first-order valence-corrected chi connectivity index (χ1v) is 10.4. The highest BCUT2D eigenvalue weighted by Crippen LogP contribution is 2.33. The third-order valence-corrected chi connectivity index (χ3v) is 5.97. The number of halogens is 1. The standard InChI is InChI=1S/C25H23FN4O/c1-30(15-19-6-2-5-18-14-28-29-24(18)19)25(31)17-8-9-22(16-4-3-7-21(26)10-16)23(11-17)20-12-27-13-20/h2-11,14,20,27H,12-13,15H2,1H3,(H,28,29). The van der Waals surface area contributed by atoms with Gasteiger partial charge in [-0.15, -0.1) is 0 Å². The van der Waals surface area contributed by atoms with E-state index in [4.69, 9.17) is 0 Å². The first-order chi connectivity index (χ1) is 15.1. The number of aromatic nitrogens is 2. The molecule has 0 atom stereocenters. The molecular weight excluding hydrogens is 391 g/mol. The van der Waals surface area contributed by atoms with Crippen LogP contribution < -0.4 is 5.32 Å². The molecule has 5 nitrogen and oxygen atoms in total. The zero-order valence-corrected chi connectivity index (χ0v) is 17.2. The first kappa shape index (κ1) is 19.5. The predicted molar refractivity (Wildman–Crippen MR) is 119 cm³/mol. The molecule has 0 radical (unpaired) electrons. The molecule has 31 heavy (non-hydrogen) atoms. The van der Waals surface area contributed by atoms with Gasteiger partial charge in [0, 0.05) is 43.5 Å². The molecule has 1 aromatic heterocycles. The Labute approximate surface area is 179 Å². The maximum atomic E-state index is 13.8. The van der Waals surface area contributed by atoms with Crippen LogP contribution in [0, 0.1) is 5.82 Å². The molecule has 0 aliphatic carbocycles. The fourth-order valence-corrected chi connectivity index (χ4v) is 4.17. The molecule has 4 aromatic rings. The Morgan fingerprint density at radius 1 is 1.13 bits per heavy atom. The largest absolute Gasteiger partial charge is 0.337 e. The lowest BCUT2D eigenvalue weighted by molar-refractivity contribution is 0.0785. The Morgan fingerprint density at radius 3 is 2.74 bits per heavy atom. The van der Waals surface area contributed by atoms with Gasteiger partial charge >= 0.3 is 0 Å². The summed E-state index contributed by atoms with van der Waals surface area (Å²) in [6, 6.07) is 18.3. The molecular formula is C25H23FN4O. The van der Waals surface area contributed by atoms with Gasteiger partial charge in [0.1, 0.15) is 5.82 Å². The van der Waals surface area contributed by atoms with Gasteiger partial charge in [-0.3, -0.25) is 9.89 Å². The van der Waals surface area contributed by atoms with Crippen molar-refractivity contribution < 1.29 is 9.18 Å². The van der Waals surface area contributed by atoms with Crippen LogP contribution in [0.5, 0.6) is 0 Å². The van der Waals surface area contributed by atoms with Crippen molar-refractivity contribution in [1.82, 2.24) is 20.4 Å². The van der Waals surface area contributed by atoms with Gasteiger partial charge < -0.3 is 10.2 Å². The van der Waals surface area contributed by atoms with Crippen molar-refractivity contribution in [1.29, 1.82) is 0 Å².